The number of ether oxygens (including phenoxy) is 2. The van der Waals surface area contributed by atoms with Crippen molar-refractivity contribution in [3.05, 3.63) is 59.2 Å². The van der Waals surface area contributed by atoms with Crippen molar-refractivity contribution in [1.29, 1.82) is 5.26 Å². The van der Waals surface area contributed by atoms with Crippen LogP contribution in [0.15, 0.2) is 42.5 Å². The molecule has 0 saturated carbocycles. The maximum absolute atomic E-state index is 12.2. The fourth-order valence-electron chi connectivity index (χ4n) is 1.97. The topological polar surface area (TPSA) is 59.3 Å². The van der Waals surface area contributed by atoms with Crippen molar-refractivity contribution in [3.63, 3.8) is 0 Å². The van der Waals surface area contributed by atoms with Crippen LogP contribution >= 0.6 is 0 Å². The second-order valence-electron chi connectivity index (χ2n) is 4.65. The zero-order chi connectivity index (χ0) is 15.9. The molecule has 0 bridgehead atoms. The Balaban J connectivity index is 2.21. The summed E-state index contributed by atoms with van der Waals surface area (Å²) in [5, 5.41) is 8.92. The van der Waals surface area contributed by atoms with E-state index in [2.05, 4.69) is 6.92 Å². The number of esters is 1. The van der Waals surface area contributed by atoms with Crippen LogP contribution in [0.2, 0.25) is 0 Å². The molecule has 2 aromatic carbocycles. The fourth-order valence-corrected chi connectivity index (χ4v) is 1.97. The van der Waals surface area contributed by atoms with Crippen LogP contribution < -0.4 is 9.47 Å². The maximum atomic E-state index is 12.2. The number of hydrogen-bond acceptors (Lipinski definition) is 4. The normalized spacial score (nSPS) is 9.86. The number of carbonyl (C=O) groups excluding carboxylic acids is 1. The van der Waals surface area contributed by atoms with Crippen LogP contribution in [0.1, 0.15) is 35.3 Å². The van der Waals surface area contributed by atoms with E-state index >= 15 is 0 Å². The molecular formula is C18H17NO3. The van der Waals surface area contributed by atoms with E-state index in [4.69, 9.17) is 14.7 Å². The monoisotopic (exact) mass is 295 g/mol. The van der Waals surface area contributed by atoms with Gasteiger partial charge in [0, 0.05) is 6.07 Å². The third-order valence-corrected chi connectivity index (χ3v) is 3.17. The van der Waals surface area contributed by atoms with Crippen molar-refractivity contribution in [2.45, 2.75) is 20.3 Å². The molecule has 0 aliphatic rings. The summed E-state index contributed by atoms with van der Waals surface area (Å²) in [7, 11) is 0. The van der Waals surface area contributed by atoms with Crippen molar-refractivity contribution < 1.29 is 14.3 Å². The highest BCUT2D eigenvalue weighted by molar-refractivity contribution is 5.91. The first-order valence-corrected chi connectivity index (χ1v) is 7.16. The van der Waals surface area contributed by atoms with E-state index in [1.165, 1.54) is 0 Å². The van der Waals surface area contributed by atoms with Crippen molar-refractivity contribution in [2.75, 3.05) is 6.61 Å². The van der Waals surface area contributed by atoms with Crippen LogP contribution in [0.3, 0.4) is 0 Å². The van der Waals surface area contributed by atoms with Crippen LogP contribution in [0, 0.1) is 11.3 Å². The Morgan fingerprint density at radius 3 is 2.41 bits per heavy atom. The molecule has 0 saturated heterocycles. The minimum Gasteiger partial charge on any atom is -0.490 e. The highest BCUT2D eigenvalue weighted by atomic mass is 16.6. The van der Waals surface area contributed by atoms with Crippen molar-refractivity contribution >= 4 is 5.97 Å². The average Bonchev–Trinajstić information content (AvgIpc) is 2.56. The van der Waals surface area contributed by atoms with E-state index in [0.29, 0.717) is 29.2 Å². The largest absolute Gasteiger partial charge is 0.490 e. The Morgan fingerprint density at radius 1 is 1.09 bits per heavy atom. The van der Waals surface area contributed by atoms with Gasteiger partial charge in [-0.15, -0.1) is 0 Å². The van der Waals surface area contributed by atoms with Crippen molar-refractivity contribution in [3.8, 4) is 17.6 Å². The molecule has 0 aromatic heterocycles. The number of carbonyl (C=O) groups is 1. The van der Waals surface area contributed by atoms with Gasteiger partial charge in [-0.3, -0.25) is 0 Å². The van der Waals surface area contributed by atoms with Crippen molar-refractivity contribution in [1.82, 2.24) is 0 Å². The summed E-state index contributed by atoms with van der Waals surface area (Å²) < 4.78 is 10.8. The van der Waals surface area contributed by atoms with Crippen LogP contribution in [0.5, 0.6) is 11.5 Å². The zero-order valence-electron chi connectivity index (χ0n) is 12.6. The average molecular weight is 295 g/mol. The number of nitrogens with zero attached hydrogens (tertiary/aromatic N) is 1. The van der Waals surface area contributed by atoms with Gasteiger partial charge in [0.1, 0.15) is 0 Å². The summed E-state index contributed by atoms with van der Waals surface area (Å²) in [6.07, 6.45) is 0.916. The molecule has 0 spiro atoms. The molecule has 0 aliphatic carbocycles. The number of aryl methyl sites for hydroxylation is 1. The third-order valence-electron chi connectivity index (χ3n) is 3.17. The Morgan fingerprint density at radius 2 is 1.82 bits per heavy atom. The van der Waals surface area contributed by atoms with E-state index in [0.717, 1.165) is 12.0 Å². The summed E-state index contributed by atoms with van der Waals surface area (Å²) in [6, 6.07) is 14.0. The number of hydrogen-bond donors (Lipinski definition) is 0. The number of nitriles is 1. The summed E-state index contributed by atoms with van der Waals surface area (Å²) in [5.41, 5.74) is 2.09. The summed E-state index contributed by atoms with van der Waals surface area (Å²) in [4.78, 5) is 12.2. The lowest BCUT2D eigenvalue weighted by atomic mass is 10.1. The molecule has 112 valence electrons. The minimum atomic E-state index is -0.451. The quantitative estimate of drug-likeness (QED) is 0.623. The molecule has 2 rings (SSSR count). The first-order valence-electron chi connectivity index (χ1n) is 7.16. The van der Waals surface area contributed by atoms with Gasteiger partial charge in [0.2, 0.25) is 0 Å². The second-order valence-corrected chi connectivity index (χ2v) is 4.65. The lowest BCUT2D eigenvalue weighted by Gasteiger charge is -2.11. The third kappa shape index (κ3) is 3.64. The Hall–Kier alpha value is -2.80. The molecule has 0 unspecified atom stereocenters. The fraction of sp³-hybridized carbons (Fsp3) is 0.222. The molecule has 0 radical (unpaired) electrons. The molecule has 0 N–H and O–H groups in total. The van der Waals surface area contributed by atoms with E-state index < -0.39 is 5.97 Å². The first kappa shape index (κ1) is 15.6. The lowest BCUT2D eigenvalue weighted by molar-refractivity contribution is 0.0728. The van der Waals surface area contributed by atoms with Crippen LogP contribution in [-0.4, -0.2) is 12.6 Å². The van der Waals surface area contributed by atoms with Gasteiger partial charge < -0.3 is 9.47 Å². The van der Waals surface area contributed by atoms with Crippen LogP contribution in [0.25, 0.3) is 0 Å². The molecular weight excluding hydrogens is 278 g/mol. The second kappa shape index (κ2) is 7.28. The van der Waals surface area contributed by atoms with Gasteiger partial charge in [0.25, 0.3) is 0 Å². The Labute approximate surface area is 129 Å². The molecule has 0 atom stereocenters. The van der Waals surface area contributed by atoms with E-state index in [1.54, 1.807) is 30.3 Å². The first-order chi connectivity index (χ1) is 10.7. The number of rotatable bonds is 5. The Bertz CT molecular complexity index is 699. The van der Waals surface area contributed by atoms with E-state index in [1.807, 2.05) is 25.1 Å². The summed E-state index contributed by atoms with van der Waals surface area (Å²) in [5.74, 6) is 0.249. The van der Waals surface area contributed by atoms with Crippen LogP contribution in [-0.2, 0) is 6.42 Å². The molecule has 22 heavy (non-hydrogen) atoms. The zero-order valence-corrected chi connectivity index (χ0v) is 12.6. The molecule has 4 heteroatoms. The van der Waals surface area contributed by atoms with Crippen molar-refractivity contribution in [2.24, 2.45) is 0 Å². The molecule has 2 aromatic rings. The molecule has 0 amide bonds. The summed E-state index contributed by atoms with van der Waals surface area (Å²) in [6.45, 7) is 4.30. The van der Waals surface area contributed by atoms with Crippen LogP contribution in [0.4, 0.5) is 0 Å². The predicted molar refractivity (Wildman–Crippen MR) is 83.1 cm³/mol. The Kier molecular flexibility index (Phi) is 5.16. The van der Waals surface area contributed by atoms with E-state index in [-0.39, 0.29) is 0 Å². The number of benzene rings is 2. The summed E-state index contributed by atoms with van der Waals surface area (Å²) >= 11 is 0. The standard InChI is InChI=1S/C18H17NO3/c1-3-13-5-8-15(9-6-13)18(20)22-16-10-7-14(12-19)11-17(16)21-4-2/h5-11H,3-4H2,1-2H3. The molecule has 0 aliphatic heterocycles. The predicted octanol–water partition coefficient (Wildman–Crippen LogP) is 3.74. The maximum Gasteiger partial charge on any atom is 0.343 e. The molecule has 4 nitrogen and oxygen atoms in total. The smallest absolute Gasteiger partial charge is 0.343 e. The minimum absolute atomic E-state index is 0.311. The highest BCUT2D eigenvalue weighted by Crippen LogP contribution is 2.29. The van der Waals surface area contributed by atoms with Gasteiger partial charge in [-0.25, -0.2) is 4.79 Å². The highest BCUT2D eigenvalue weighted by Gasteiger charge is 2.13. The molecule has 0 fully saturated rings. The van der Waals surface area contributed by atoms with Gasteiger partial charge in [-0.1, -0.05) is 19.1 Å². The van der Waals surface area contributed by atoms with Gasteiger partial charge >= 0.3 is 5.97 Å². The van der Waals surface area contributed by atoms with Gasteiger partial charge in [0.05, 0.1) is 23.8 Å². The lowest BCUT2D eigenvalue weighted by Crippen LogP contribution is -2.09. The van der Waals surface area contributed by atoms with Gasteiger partial charge in [0.15, 0.2) is 11.5 Å². The van der Waals surface area contributed by atoms with E-state index in [9.17, 15) is 4.79 Å². The van der Waals surface area contributed by atoms with Gasteiger partial charge in [-0.05, 0) is 43.2 Å². The SMILES string of the molecule is CCOc1cc(C#N)ccc1OC(=O)c1ccc(CC)cc1. The molecule has 0 heterocycles. The van der Waals surface area contributed by atoms with Gasteiger partial charge in [-0.2, -0.15) is 5.26 Å².